The minimum Gasteiger partial charge on any atom is -0.274 e. The van der Waals surface area contributed by atoms with Crippen LogP contribution in [-0.4, -0.2) is 14.8 Å². The second-order valence-corrected chi connectivity index (χ2v) is 7.85. The van der Waals surface area contributed by atoms with E-state index < -0.39 is 5.82 Å². The molecule has 0 spiro atoms. The van der Waals surface area contributed by atoms with Crippen LogP contribution >= 0.6 is 23.4 Å². The quantitative estimate of drug-likeness (QED) is 0.330. The summed E-state index contributed by atoms with van der Waals surface area (Å²) in [4.78, 5) is 0. The Hall–Kier alpha value is -2.77. The number of nitrogens with zero attached hydrogens (tertiary/aromatic N) is 3. The Labute approximate surface area is 180 Å². The van der Waals surface area contributed by atoms with E-state index >= 15 is 0 Å². The Bertz CT molecular complexity index is 1140. The van der Waals surface area contributed by atoms with Gasteiger partial charge in [0.05, 0.1) is 0 Å². The van der Waals surface area contributed by atoms with E-state index in [4.69, 9.17) is 11.6 Å². The molecular formula is C22H15ClF3N3S. The van der Waals surface area contributed by atoms with E-state index in [1.807, 2.05) is 0 Å². The first kappa shape index (κ1) is 20.5. The van der Waals surface area contributed by atoms with Crippen molar-refractivity contribution in [3.63, 3.8) is 0 Å². The fourth-order valence-corrected chi connectivity index (χ4v) is 4.26. The predicted molar refractivity (Wildman–Crippen MR) is 111 cm³/mol. The highest BCUT2D eigenvalue weighted by molar-refractivity contribution is 7.98. The molecule has 0 aliphatic heterocycles. The molecule has 8 heteroatoms. The summed E-state index contributed by atoms with van der Waals surface area (Å²) in [6.07, 6.45) is 0.395. The average Bonchev–Trinajstić information content (AvgIpc) is 3.12. The molecule has 0 fully saturated rings. The van der Waals surface area contributed by atoms with Gasteiger partial charge in [-0.25, -0.2) is 13.2 Å². The Kier molecular flexibility index (Phi) is 6.11. The molecular weight excluding hydrogens is 431 g/mol. The van der Waals surface area contributed by atoms with Crippen LogP contribution in [-0.2, 0) is 12.2 Å². The third kappa shape index (κ3) is 4.52. The van der Waals surface area contributed by atoms with E-state index in [9.17, 15) is 13.2 Å². The predicted octanol–water partition coefficient (Wildman–Crippen LogP) is 6.22. The van der Waals surface area contributed by atoms with Crippen molar-refractivity contribution in [2.45, 2.75) is 17.3 Å². The molecule has 0 bridgehead atoms. The summed E-state index contributed by atoms with van der Waals surface area (Å²) in [5.41, 5.74) is 1.89. The second-order valence-electron chi connectivity index (χ2n) is 6.50. The van der Waals surface area contributed by atoms with Gasteiger partial charge in [0.25, 0.3) is 0 Å². The highest BCUT2D eigenvalue weighted by atomic mass is 35.5. The Morgan fingerprint density at radius 3 is 2.17 bits per heavy atom. The first-order valence-corrected chi connectivity index (χ1v) is 10.4. The molecule has 4 aromatic rings. The van der Waals surface area contributed by atoms with Gasteiger partial charge in [0.15, 0.2) is 5.16 Å². The molecule has 0 radical (unpaired) electrons. The maximum Gasteiger partial charge on any atom is 0.196 e. The van der Waals surface area contributed by atoms with E-state index in [1.165, 1.54) is 42.1 Å². The zero-order chi connectivity index (χ0) is 21.1. The molecule has 0 atom stereocenters. The molecule has 0 amide bonds. The minimum atomic E-state index is -0.394. The van der Waals surface area contributed by atoms with Gasteiger partial charge < -0.3 is 0 Å². The van der Waals surface area contributed by atoms with Gasteiger partial charge in [-0.15, -0.1) is 10.2 Å². The van der Waals surface area contributed by atoms with Crippen molar-refractivity contribution in [2.75, 3.05) is 0 Å². The maximum absolute atomic E-state index is 14.1. The summed E-state index contributed by atoms with van der Waals surface area (Å²) in [6.45, 7) is 0. The molecule has 0 saturated carbocycles. The van der Waals surface area contributed by atoms with Crippen molar-refractivity contribution in [3.8, 4) is 5.69 Å². The lowest BCUT2D eigenvalue weighted by molar-refractivity contribution is 0.617. The van der Waals surface area contributed by atoms with Crippen LogP contribution in [0.25, 0.3) is 5.69 Å². The minimum absolute atomic E-state index is 0.251. The first-order valence-electron chi connectivity index (χ1n) is 9.01. The Morgan fingerprint density at radius 1 is 0.833 bits per heavy atom. The van der Waals surface area contributed by atoms with Crippen molar-refractivity contribution < 1.29 is 13.2 Å². The summed E-state index contributed by atoms with van der Waals surface area (Å²) in [7, 11) is 0. The molecule has 0 saturated heterocycles. The smallest absolute Gasteiger partial charge is 0.196 e. The van der Waals surface area contributed by atoms with Crippen molar-refractivity contribution in [2.24, 2.45) is 0 Å². The summed E-state index contributed by atoms with van der Waals surface area (Å²) >= 11 is 7.40. The number of hydrogen-bond acceptors (Lipinski definition) is 3. The zero-order valence-electron chi connectivity index (χ0n) is 15.5. The average molecular weight is 446 g/mol. The third-order valence-electron chi connectivity index (χ3n) is 4.47. The van der Waals surface area contributed by atoms with Gasteiger partial charge in [0.2, 0.25) is 0 Å². The normalized spacial score (nSPS) is 11.1. The third-order valence-corrected chi connectivity index (χ3v) is 5.78. The Morgan fingerprint density at radius 2 is 1.50 bits per heavy atom. The van der Waals surface area contributed by atoms with Crippen LogP contribution in [0, 0.1) is 17.5 Å². The van der Waals surface area contributed by atoms with Crippen LogP contribution in [0.5, 0.6) is 0 Å². The zero-order valence-corrected chi connectivity index (χ0v) is 17.1. The fourth-order valence-electron chi connectivity index (χ4n) is 2.95. The highest BCUT2D eigenvalue weighted by Crippen LogP contribution is 2.30. The number of thioether (sulfide) groups is 1. The molecule has 1 aromatic heterocycles. The van der Waals surface area contributed by atoms with Crippen molar-refractivity contribution in [3.05, 3.63) is 106 Å². The molecule has 30 heavy (non-hydrogen) atoms. The number of rotatable bonds is 6. The first-order chi connectivity index (χ1) is 14.5. The molecule has 3 nitrogen and oxygen atoms in total. The van der Waals surface area contributed by atoms with Gasteiger partial charge in [-0.2, -0.15) is 0 Å². The van der Waals surface area contributed by atoms with Crippen molar-refractivity contribution in [1.29, 1.82) is 0 Å². The topological polar surface area (TPSA) is 30.7 Å². The van der Waals surface area contributed by atoms with E-state index in [2.05, 4.69) is 10.2 Å². The lowest BCUT2D eigenvalue weighted by Gasteiger charge is -2.11. The maximum atomic E-state index is 14.1. The molecule has 0 N–H and O–H groups in total. The number of hydrogen-bond donors (Lipinski definition) is 0. The van der Waals surface area contributed by atoms with Crippen LogP contribution in [0.3, 0.4) is 0 Å². The van der Waals surface area contributed by atoms with Gasteiger partial charge in [0, 0.05) is 28.4 Å². The van der Waals surface area contributed by atoms with Gasteiger partial charge in [-0.1, -0.05) is 41.6 Å². The monoisotopic (exact) mass is 445 g/mol. The number of benzene rings is 3. The number of aromatic nitrogens is 3. The summed E-state index contributed by atoms with van der Waals surface area (Å²) < 4.78 is 42.6. The van der Waals surface area contributed by atoms with Gasteiger partial charge in [-0.05, 0) is 54.1 Å². The van der Waals surface area contributed by atoms with Crippen molar-refractivity contribution >= 4 is 23.4 Å². The van der Waals surface area contributed by atoms with Crippen LogP contribution in [0.2, 0.25) is 5.02 Å². The molecule has 0 unspecified atom stereocenters. The fraction of sp³-hybridized carbons (Fsp3) is 0.0909. The lowest BCUT2D eigenvalue weighted by Crippen LogP contribution is -2.04. The van der Waals surface area contributed by atoms with E-state index in [-0.39, 0.29) is 17.4 Å². The van der Waals surface area contributed by atoms with Gasteiger partial charge >= 0.3 is 0 Å². The lowest BCUT2D eigenvalue weighted by atomic mass is 10.1. The van der Waals surface area contributed by atoms with Gasteiger partial charge in [0.1, 0.15) is 23.3 Å². The molecule has 0 aliphatic rings. The molecule has 1 heterocycles. The number of halogens is 4. The summed E-state index contributed by atoms with van der Waals surface area (Å²) in [6, 6.07) is 16.6. The SMILES string of the molecule is Fc1ccc(Cc2nnc(SCc3c(F)cccc3Cl)n2-c2ccc(F)cc2)cc1. The second kappa shape index (κ2) is 8.93. The summed E-state index contributed by atoms with van der Waals surface area (Å²) in [5.74, 6) is -0.234. The highest BCUT2D eigenvalue weighted by Gasteiger charge is 2.17. The van der Waals surface area contributed by atoms with E-state index in [1.54, 1.807) is 41.0 Å². The molecule has 3 aromatic carbocycles. The molecule has 152 valence electrons. The van der Waals surface area contributed by atoms with Gasteiger partial charge in [-0.3, -0.25) is 4.57 Å². The standard InChI is InChI=1S/C22H15ClF3N3S/c23-19-2-1-3-20(26)18(19)13-30-22-28-27-21(12-14-4-6-15(24)7-5-14)29(22)17-10-8-16(25)9-11-17/h1-11H,12-13H2. The van der Waals surface area contributed by atoms with E-state index in [0.717, 1.165) is 5.56 Å². The van der Waals surface area contributed by atoms with Crippen molar-refractivity contribution in [1.82, 2.24) is 14.8 Å². The molecule has 0 aliphatic carbocycles. The van der Waals surface area contributed by atoms with Crippen LogP contribution < -0.4 is 0 Å². The summed E-state index contributed by atoms with van der Waals surface area (Å²) in [5, 5.41) is 9.36. The van der Waals surface area contributed by atoms with Crippen LogP contribution in [0.4, 0.5) is 13.2 Å². The largest absolute Gasteiger partial charge is 0.274 e. The Balaban J connectivity index is 1.68. The van der Waals surface area contributed by atoms with Crippen LogP contribution in [0.1, 0.15) is 17.0 Å². The van der Waals surface area contributed by atoms with E-state index in [0.29, 0.717) is 33.7 Å². The van der Waals surface area contributed by atoms with Crippen LogP contribution in [0.15, 0.2) is 71.9 Å². The molecule has 4 rings (SSSR count).